The standard InChI is InChI=1S/C19H24N2O4/c1-24-16-8-6-7-14-13-15(19(23)25-17(14)16)18(22)20-9-2-3-10-21-11-4-5-12-21/h6-8,13H,2-5,9-12H2,1H3,(H,20,22). The summed E-state index contributed by atoms with van der Waals surface area (Å²) in [6, 6.07) is 6.85. The van der Waals surface area contributed by atoms with Crippen LogP contribution >= 0.6 is 0 Å². The fourth-order valence-electron chi connectivity index (χ4n) is 3.20. The molecule has 1 amide bonds. The molecular formula is C19H24N2O4. The van der Waals surface area contributed by atoms with Gasteiger partial charge < -0.3 is 19.4 Å². The number of fused-ring (bicyclic) bond motifs is 1. The molecule has 25 heavy (non-hydrogen) atoms. The Hall–Kier alpha value is -2.34. The number of unbranched alkanes of at least 4 members (excludes halogenated alkanes) is 1. The van der Waals surface area contributed by atoms with Crippen molar-refractivity contribution in [1.29, 1.82) is 0 Å². The zero-order valence-corrected chi connectivity index (χ0v) is 14.5. The molecule has 0 radical (unpaired) electrons. The van der Waals surface area contributed by atoms with Gasteiger partial charge in [0.25, 0.3) is 5.91 Å². The van der Waals surface area contributed by atoms with Gasteiger partial charge in [0, 0.05) is 11.9 Å². The Morgan fingerprint density at radius 3 is 2.84 bits per heavy atom. The third-order valence-corrected chi connectivity index (χ3v) is 4.57. The van der Waals surface area contributed by atoms with E-state index in [2.05, 4.69) is 10.2 Å². The van der Waals surface area contributed by atoms with Crippen LogP contribution in [-0.4, -0.2) is 44.1 Å². The van der Waals surface area contributed by atoms with E-state index in [-0.39, 0.29) is 11.5 Å². The van der Waals surface area contributed by atoms with Crippen LogP contribution < -0.4 is 15.7 Å². The van der Waals surface area contributed by atoms with Gasteiger partial charge >= 0.3 is 5.63 Å². The molecule has 1 aromatic carbocycles. The van der Waals surface area contributed by atoms with Crippen LogP contribution in [0.1, 0.15) is 36.0 Å². The first-order valence-electron chi connectivity index (χ1n) is 8.80. The highest BCUT2D eigenvalue weighted by molar-refractivity contribution is 5.97. The number of carbonyl (C=O) groups is 1. The smallest absolute Gasteiger partial charge is 0.349 e. The van der Waals surface area contributed by atoms with Crippen molar-refractivity contribution in [1.82, 2.24) is 10.2 Å². The number of hydrogen-bond acceptors (Lipinski definition) is 5. The van der Waals surface area contributed by atoms with Gasteiger partial charge in [0.15, 0.2) is 11.3 Å². The molecule has 0 bridgehead atoms. The monoisotopic (exact) mass is 344 g/mol. The molecule has 1 saturated heterocycles. The Labute approximate surface area is 146 Å². The van der Waals surface area contributed by atoms with E-state index in [4.69, 9.17) is 9.15 Å². The molecular weight excluding hydrogens is 320 g/mol. The van der Waals surface area contributed by atoms with E-state index in [1.165, 1.54) is 33.0 Å². The number of nitrogens with zero attached hydrogens (tertiary/aromatic N) is 1. The summed E-state index contributed by atoms with van der Waals surface area (Å²) < 4.78 is 10.5. The van der Waals surface area contributed by atoms with E-state index in [9.17, 15) is 9.59 Å². The first kappa shape index (κ1) is 17.5. The van der Waals surface area contributed by atoms with Gasteiger partial charge in [0.1, 0.15) is 5.56 Å². The van der Waals surface area contributed by atoms with Gasteiger partial charge in [-0.2, -0.15) is 0 Å². The second-order valence-corrected chi connectivity index (χ2v) is 6.34. The first-order chi connectivity index (χ1) is 12.2. The molecule has 2 aromatic rings. The minimum atomic E-state index is -0.647. The molecule has 1 aliphatic rings. The Morgan fingerprint density at radius 1 is 1.28 bits per heavy atom. The van der Waals surface area contributed by atoms with E-state index in [0.717, 1.165) is 19.4 Å². The lowest BCUT2D eigenvalue weighted by Gasteiger charge is -2.14. The van der Waals surface area contributed by atoms with Gasteiger partial charge in [-0.05, 0) is 57.5 Å². The summed E-state index contributed by atoms with van der Waals surface area (Å²) in [6.07, 6.45) is 4.53. The zero-order chi connectivity index (χ0) is 17.6. The number of amides is 1. The maximum atomic E-state index is 12.3. The molecule has 2 heterocycles. The molecule has 0 aliphatic carbocycles. The maximum absolute atomic E-state index is 12.3. The minimum Gasteiger partial charge on any atom is -0.493 e. The zero-order valence-electron chi connectivity index (χ0n) is 14.5. The van der Waals surface area contributed by atoms with Gasteiger partial charge in [-0.25, -0.2) is 4.79 Å². The van der Waals surface area contributed by atoms with E-state index in [0.29, 0.717) is 23.3 Å². The van der Waals surface area contributed by atoms with Gasteiger partial charge in [0.05, 0.1) is 7.11 Å². The fourth-order valence-corrected chi connectivity index (χ4v) is 3.20. The minimum absolute atomic E-state index is 0.0281. The predicted octanol–water partition coefficient (Wildman–Crippen LogP) is 2.41. The molecule has 1 aliphatic heterocycles. The lowest BCUT2D eigenvalue weighted by molar-refractivity contribution is 0.0949. The second-order valence-electron chi connectivity index (χ2n) is 6.34. The first-order valence-corrected chi connectivity index (χ1v) is 8.80. The number of methoxy groups -OCH3 is 1. The maximum Gasteiger partial charge on any atom is 0.349 e. The molecule has 1 fully saturated rings. The highest BCUT2D eigenvalue weighted by Gasteiger charge is 2.15. The van der Waals surface area contributed by atoms with Crippen molar-refractivity contribution in [3.05, 3.63) is 40.2 Å². The summed E-state index contributed by atoms with van der Waals surface area (Å²) in [5, 5.41) is 3.47. The normalized spacial score (nSPS) is 14.8. The summed E-state index contributed by atoms with van der Waals surface area (Å²) in [7, 11) is 1.51. The molecule has 0 spiro atoms. The lowest BCUT2D eigenvalue weighted by Crippen LogP contribution is -2.29. The summed E-state index contributed by atoms with van der Waals surface area (Å²) in [5.41, 5.74) is -0.260. The number of likely N-dealkylation sites (tertiary alicyclic amines) is 1. The van der Waals surface area contributed by atoms with Gasteiger partial charge in [-0.1, -0.05) is 12.1 Å². The highest BCUT2D eigenvalue weighted by atomic mass is 16.5. The number of para-hydroxylation sites is 1. The summed E-state index contributed by atoms with van der Waals surface area (Å²) in [4.78, 5) is 26.8. The van der Waals surface area contributed by atoms with Crippen molar-refractivity contribution in [2.45, 2.75) is 25.7 Å². The highest BCUT2D eigenvalue weighted by Crippen LogP contribution is 2.24. The molecule has 1 N–H and O–H groups in total. The Kier molecular flexibility index (Phi) is 5.71. The van der Waals surface area contributed by atoms with Crippen LogP contribution in [0.3, 0.4) is 0 Å². The van der Waals surface area contributed by atoms with E-state index >= 15 is 0 Å². The van der Waals surface area contributed by atoms with Crippen LogP contribution in [0, 0.1) is 0 Å². The molecule has 6 nitrogen and oxygen atoms in total. The summed E-state index contributed by atoms with van der Waals surface area (Å²) >= 11 is 0. The van der Waals surface area contributed by atoms with E-state index < -0.39 is 5.63 Å². The van der Waals surface area contributed by atoms with Crippen molar-refractivity contribution in [3.63, 3.8) is 0 Å². The van der Waals surface area contributed by atoms with Gasteiger partial charge in [-0.3, -0.25) is 4.79 Å². The van der Waals surface area contributed by atoms with Crippen molar-refractivity contribution < 1.29 is 13.9 Å². The Bertz CT molecular complexity index is 794. The summed E-state index contributed by atoms with van der Waals surface area (Å²) in [5.74, 6) is 0.0862. The third kappa shape index (κ3) is 4.20. The van der Waals surface area contributed by atoms with Crippen LogP contribution in [0.5, 0.6) is 5.75 Å². The molecule has 3 rings (SSSR count). The molecule has 6 heteroatoms. The Balaban J connectivity index is 1.58. The largest absolute Gasteiger partial charge is 0.493 e. The number of ether oxygens (including phenoxy) is 1. The van der Waals surface area contributed by atoms with Crippen LogP contribution in [0.2, 0.25) is 0 Å². The quantitative estimate of drug-likeness (QED) is 0.617. The van der Waals surface area contributed by atoms with Gasteiger partial charge in [0.2, 0.25) is 0 Å². The van der Waals surface area contributed by atoms with Crippen molar-refractivity contribution in [2.75, 3.05) is 33.3 Å². The SMILES string of the molecule is COc1cccc2cc(C(=O)NCCCCN3CCCC3)c(=O)oc12. The second kappa shape index (κ2) is 8.16. The predicted molar refractivity (Wildman–Crippen MR) is 96.3 cm³/mol. The molecule has 1 aromatic heterocycles. The molecule has 0 atom stereocenters. The van der Waals surface area contributed by atoms with Gasteiger partial charge in [-0.15, -0.1) is 0 Å². The number of benzene rings is 1. The molecule has 0 saturated carbocycles. The molecule has 0 unspecified atom stereocenters. The van der Waals surface area contributed by atoms with E-state index in [1.54, 1.807) is 24.3 Å². The van der Waals surface area contributed by atoms with Crippen LogP contribution in [0.4, 0.5) is 0 Å². The topological polar surface area (TPSA) is 71.8 Å². The molecule has 134 valence electrons. The Morgan fingerprint density at radius 2 is 2.08 bits per heavy atom. The lowest BCUT2D eigenvalue weighted by atomic mass is 10.1. The number of carbonyl (C=O) groups excluding carboxylic acids is 1. The van der Waals surface area contributed by atoms with E-state index in [1.807, 2.05) is 0 Å². The van der Waals surface area contributed by atoms with Crippen LogP contribution in [0.15, 0.2) is 33.5 Å². The average molecular weight is 344 g/mol. The third-order valence-electron chi connectivity index (χ3n) is 4.57. The van der Waals surface area contributed by atoms with Crippen molar-refractivity contribution in [2.24, 2.45) is 0 Å². The number of hydrogen-bond donors (Lipinski definition) is 1. The van der Waals surface area contributed by atoms with Crippen LogP contribution in [-0.2, 0) is 0 Å². The number of nitrogens with one attached hydrogen (secondary N) is 1. The average Bonchev–Trinajstić information content (AvgIpc) is 3.13. The van der Waals surface area contributed by atoms with Crippen LogP contribution in [0.25, 0.3) is 11.0 Å². The number of rotatable bonds is 7. The fraction of sp³-hybridized carbons (Fsp3) is 0.474. The van der Waals surface area contributed by atoms with Crippen molar-refractivity contribution in [3.8, 4) is 5.75 Å². The summed E-state index contributed by atoms with van der Waals surface area (Å²) in [6.45, 7) is 4.01. The van der Waals surface area contributed by atoms with Crippen molar-refractivity contribution >= 4 is 16.9 Å².